The molecule has 0 radical (unpaired) electrons. The van der Waals surface area contributed by atoms with Crippen molar-refractivity contribution in [2.45, 2.75) is 44.7 Å². The summed E-state index contributed by atoms with van der Waals surface area (Å²) in [6, 6.07) is 12.5. The summed E-state index contributed by atoms with van der Waals surface area (Å²) in [5, 5.41) is 0. The number of fused-ring (bicyclic) bond motifs is 1. The minimum Gasteiger partial charge on any atom is -0.297 e. The molecule has 2 atom stereocenters. The van der Waals surface area contributed by atoms with Gasteiger partial charge in [0.05, 0.1) is 0 Å². The molecule has 2 saturated heterocycles. The monoisotopic (exact) mass is 258 g/mol. The SMILES string of the molecule is CCCCN1CC2CCCN2CC1c1ccccc1. The number of rotatable bonds is 4. The van der Waals surface area contributed by atoms with E-state index in [-0.39, 0.29) is 0 Å². The molecule has 104 valence electrons. The fourth-order valence-electron chi connectivity index (χ4n) is 3.68. The minimum atomic E-state index is 0.613. The molecule has 2 nitrogen and oxygen atoms in total. The van der Waals surface area contributed by atoms with Crippen LogP contribution >= 0.6 is 0 Å². The summed E-state index contributed by atoms with van der Waals surface area (Å²) < 4.78 is 0. The Labute approximate surface area is 117 Å². The summed E-state index contributed by atoms with van der Waals surface area (Å²) in [5.74, 6) is 0. The molecule has 0 N–H and O–H groups in total. The van der Waals surface area contributed by atoms with Gasteiger partial charge in [-0.15, -0.1) is 0 Å². The number of nitrogens with zero attached hydrogens (tertiary/aromatic N) is 2. The highest BCUT2D eigenvalue weighted by Gasteiger charge is 2.36. The first-order valence-corrected chi connectivity index (χ1v) is 7.91. The third-order valence-electron chi connectivity index (χ3n) is 4.78. The molecule has 2 unspecified atom stereocenters. The standard InChI is InChI=1S/C17H26N2/c1-2-3-11-19-13-16-10-7-12-18(16)14-17(19)15-8-5-4-6-9-15/h4-6,8-9,16-17H,2-3,7,10-14H2,1H3. The van der Waals surface area contributed by atoms with Crippen LogP contribution in [0.15, 0.2) is 30.3 Å². The Balaban J connectivity index is 1.77. The van der Waals surface area contributed by atoms with Gasteiger partial charge in [-0.3, -0.25) is 9.80 Å². The number of benzene rings is 1. The van der Waals surface area contributed by atoms with E-state index in [1.54, 1.807) is 0 Å². The second-order valence-electron chi connectivity index (χ2n) is 6.07. The van der Waals surface area contributed by atoms with E-state index in [4.69, 9.17) is 0 Å². The third kappa shape index (κ3) is 2.85. The van der Waals surface area contributed by atoms with Crippen molar-refractivity contribution >= 4 is 0 Å². The van der Waals surface area contributed by atoms with Gasteiger partial charge in [0.15, 0.2) is 0 Å². The van der Waals surface area contributed by atoms with E-state index >= 15 is 0 Å². The lowest BCUT2D eigenvalue weighted by molar-refractivity contribution is 0.0496. The average molecular weight is 258 g/mol. The van der Waals surface area contributed by atoms with Crippen molar-refractivity contribution in [3.8, 4) is 0 Å². The fourth-order valence-corrected chi connectivity index (χ4v) is 3.68. The molecular formula is C17H26N2. The average Bonchev–Trinajstić information content (AvgIpc) is 2.92. The lowest BCUT2D eigenvalue weighted by Gasteiger charge is -2.44. The number of hydrogen-bond donors (Lipinski definition) is 0. The van der Waals surface area contributed by atoms with Gasteiger partial charge in [-0.2, -0.15) is 0 Å². The van der Waals surface area contributed by atoms with Gasteiger partial charge in [0.2, 0.25) is 0 Å². The van der Waals surface area contributed by atoms with E-state index < -0.39 is 0 Å². The van der Waals surface area contributed by atoms with Crippen molar-refractivity contribution in [3.63, 3.8) is 0 Å². The normalized spacial score (nSPS) is 28.5. The first kappa shape index (κ1) is 13.1. The maximum atomic E-state index is 2.74. The molecule has 2 aliphatic rings. The Kier molecular flexibility index (Phi) is 4.19. The van der Waals surface area contributed by atoms with Crippen LogP contribution in [0.2, 0.25) is 0 Å². The van der Waals surface area contributed by atoms with Gasteiger partial charge in [-0.1, -0.05) is 43.7 Å². The molecule has 0 spiro atoms. The first-order valence-electron chi connectivity index (χ1n) is 7.91. The Morgan fingerprint density at radius 3 is 2.79 bits per heavy atom. The number of hydrogen-bond acceptors (Lipinski definition) is 2. The van der Waals surface area contributed by atoms with Crippen molar-refractivity contribution in [2.75, 3.05) is 26.2 Å². The van der Waals surface area contributed by atoms with Crippen LogP contribution in [-0.4, -0.2) is 42.0 Å². The lowest BCUT2D eigenvalue weighted by atomic mass is 9.99. The molecule has 0 saturated carbocycles. The van der Waals surface area contributed by atoms with Gasteiger partial charge in [-0.05, 0) is 37.9 Å². The van der Waals surface area contributed by atoms with Crippen LogP contribution in [0.4, 0.5) is 0 Å². The Morgan fingerprint density at radius 2 is 2.00 bits per heavy atom. The van der Waals surface area contributed by atoms with Gasteiger partial charge in [-0.25, -0.2) is 0 Å². The maximum Gasteiger partial charge on any atom is 0.0475 e. The second kappa shape index (κ2) is 6.06. The summed E-state index contributed by atoms with van der Waals surface area (Å²) in [6.45, 7) is 7.39. The highest BCUT2D eigenvalue weighted by Crippen LogP contribution is 2.32. The lowest BCUT2D eigenvalue weighted by Crippen LogP contribution is -2.51. The van der Waals surface area contributed by atoms with E-state index in [0.29, 0.717) is 6.04 Å². The molecule has 2 heterocycles. The highest BCUT2D eigenvalue weighted by molar-refractivity contribution is 5.20. The van der Waals surface area contributed by atoms with Gasteiger partial charge in [0, 0.05) is 25.2 Å². The van der Waals surface area contributed by atoms with Crippen LogP contribution in [0, 0.1) is 0 Å². The molecule has 0 amide bonds. The van der Waals surface area contributed by atoms with Crippen LogP contribution < -0.4 is 0 Å². The van der Waals surface area contributed by atoms with E-state index in [2.05, 4.69) is 47.1 Å². The summed E-state index contributed by atoms with van der Waals surface area (Å²) >= 11 is 0. The number of unbranched alkanes of at least 4 members (excludes halogenated alkanes) is 1. The molecule has 0 aliphatic carbocycles. The summed E-state index contributed by atoms with van der Waals surface area (Å²) in [4.78, 5) is 5.46. The molecule has 3 rings (SSSR count). The summed E-state index contributed by atoms with van der Waals surface area (Å²) in [6.07, 6.45) is 5.43. The Hall–Kier alpha value is -0.860. The van der Waals surface area contributed by atoms with E-state index in [1.165, 1.54) is 57.4 Å². The van der Waals surface area contributed by atoms with E-state index in [0.717, 1.165) is 6.04 Å². The smallest absolute Gasteiger partial charge is 0.0475 e. The quantitative estimate of drug-likeness (QED) is 0.817. The predicted molar refractivity (Wildman–Crippen MR) is 80.3 cm³/mol. The molecule has 0 bridgehead atoms. The third-order valence-corrected chi connectivity index (χ3v) is 4.78. The van der Waals surface area contributed by atoms with Crippen molar-refractivity contribution < 1.29 is 0 Å². The van der Waals surface area contributed by atoms with Crippen molar-refractivity contribution in [2.24, 2.45) is 0 Å². The van der Waals surface area contributed by atoms with Gasteiger partial charge >= 0.3 is 0 Å². The van der Waals surface area contributed by atoms with Crippen LogP contribution in [-0.2, 0) is 0 Å². The maximum absolute atomic E-state index is 2.74. The number of piperazine rings is 1. The van der Waals surface area contributed by atoms with Gasteiger partial charge < -0.3 is 0 Å². The summed E-state index contributed by atoms with van der Waals surface area (Å²) in [5.41, 5.74) is 1.50. The van der Waals surface area contributed by atoms with Crippen LogP contribution in [0.3, 0.4) is 0 Å². The summed E-state index contributed by atoms with van der Waals surface area (Å²) in [7, 11) is 0. The van der Waals surface area contributed by atoms with E-state index in [9.17, 15) is 0 Å². The molecular weight excluding hydrogens is 232 g/mol. The second-order valence-corrected chi connectivity index (χ2v) is 6.07. The largest absolute Gasteiger partial charge is 0.297 e. The zero-order valence-electron chi connectivity index (χ0n) is 12.1. The molecule has 2 fully saturated rings. The van der Waals surface area contributed by atoms with Gasteiger partial charge in [0.1, 0.15) is 0 Å². The zero-order chi connectivity index (χ0) is 13.1. The first-order chi connectivity index (χ1) is 9.38. The van der Waals surface area contributed by atoms with Gasteiger partial charge in [0.25, 0.3) is 0 Å². The Morgan fingerprint density at radius 1 is 1.16 bits per heavy atom. The highest BCUT2D eigenvalue weighted by atomic mass is 15.3. The zero-order valence-corrected chi connectivity index (χ0v) is 12.1. The molecule has 2 aliphatic heterocycles. The van der Waals surface area contributed by atoms with Crippen LogP contribution in [0.25, 0.3) is 0 Å². The molecule has 1 aromatic rings. The van der Waals surface area contributed by atoms with Crippen LogP contribution in [0.5, 0.6) is 0 Å². The van der Waals surface area contributed by atoms with Crippen molar-refractivity contribution in [1.82, 2.24) is 9.80 Å². The predicted octanol–water partition coefficient (Wildman–Crippen LogP) is 3.31. The fraction of sp³-hybridized carbons (Fsp3) is 0.647. The topological polar surface area (TPSA) is 6.48 Å². The molecule has 1 aromatic carbocycles. The molecule has 2 heteroatoms. The van der Waals surface area contributed by atoms with Crippen molar-refractivity contribution in [3.05, 3.63) is 35.9 Å². The molecule has 19 heavy (non-hydrogen) atoms. The van der Waals surface area contributed by atoms with E-state index in [1.807, 2.05) is 0 Å². The molecule has 0 aromatic heterocycles. The minimum absolute atomic E-state index is 0.613. The van der Waals surface area contributed by atoms with Crippen molar-refractivity contribution in [1.29, 1.82) is 0 Å². The Bertz CT molecular complexity index is 390. The van der Waals surface area contributed by atoms with Crippen LogP contribution in [0.1, 0.15) is 44.2 Å².